The first kappa shape index (κ1) is 34.5. The van der Waals surface area contributed by atoms with E-state index in [1.807, 2.05) is 18.0 Å². The molecule has 1 saturated heterocycles. The van der Waals surface area contributed by atoms with Crippen LogP contribution in [0.2, 0.25) is 0 Å². The number of aliphatic hydroxyl groups is 1. The van der Waals surface area contributed by atoms with Gasteiger partial charge in [-0.05, 0) is 86.1 Å². The summed E-state index contributed by atoms with van der Waals surface area (Å²) in [6, 6.07) is 3.73. The van der Waals surface area contributed by atoms with Crippen molar-refractivity contribution in [2.75, 3.05) is 20.7 Å². The molecule has 1 aromatic carbocycles. The predicted octanol–water partition coefficient (Wildman–Crippen LogP) is 3.71. The number of hydrogen-bond acceptors (Lipinski definition) is 13. The van der Waals surface area contributed by atoms with E-state index < -0.39 is 71.1 Å². The number of allylic oxidation sites excluding steroid dienone is 1. The van der Waals surface area contributed by atoms with E-state index in [9.17, 15) is 24.3 Å². The zero-order valence-electron chi connectivity index (χ0n) is 28.5. The van der Waals surface area contributed by atoms with E-state index in [-0.39, 0.29) is 11.7 Å². The molecule has 1 N–H and O–H groups in total. The van der Waals surface area contributed by atoms with Crippen LogP contribution in [0.5, 0.6) is 11.5 Å². The number of carbonyl (C=O) groups excluding carboxylic acids is 4. The largest absolute Gasteiger partial charge is 0.509 e. The van der Waals surface area contributed by atoms with E-state index in [2.05, 4.69) is 0 Å². The number of ether oxygens (including phenoxy) is 7. The fourth-order valence-corrected chi connectivity index (χ4v) is 7.17. The van der Waals surface area contributed by atoms with Gasteiger partial charge in [0.15, 0.2) is 23.7 Å². The predicted molar refractivity (Wildman–Crippen MR) is 164 cm³/mol. The van der Waals surface area contributed by atoms with Crippen molar-refractivity contribution >= 4 is 24.1 Å². The van der Waals surface area contributed by atoms with Crippen LogP contribution in [0.15, 0.2) is 24.0 Å². The van der Waals surface area contributed by atoms with Crippen molar-refractivity contribution in [1.29, 1.82) is 0 Å². The highest BCUT2D eigenvalue weighted by molar-refractivity contribution is 5.86. The third-order valence-electron chi connectivity index (χ3n) is 9.07. The Hall–Kier alpha value is -3.84. The summed E-state index contributed by atoms with van der Waals surface area (Å²) in [6.45, 7) is 11.8. The van der Waals surface area contributed by atoms with Gasteiger partial charge in [0.2, 0.25) is 6.10 Å². The van der Waals surface area contributed by atoms with Crippen LogP contribution in [-0.4, -0.2) is 90.0 Å². The monoisotopic (exact) mass is 659 g/mol. The molecule has 0 aromatic heterocycles. The molecule has 2 aliphatic heterocycles. The van der Waals surface area contributed by atoms with Crippen LogP contribution < -0.4 is 9.47 Å². The second-order valence-corrected chi connectivity index (χ2v) is 14.7. The quantitative estimate of drug-likeness (QED) is 0.319. The Morgan fingerprint density at radius 2 is 1.72 bits per heavy atom. The molecule has 2 heterocycles. The zero-order valence-corrected chi connectivity index (χ0v) is 28.5. The van der Waals surface area contributed by atoms with Crippen molar-refractivity contribution < 1.29 is 57.4 Å². The lowest BCUT2D eigenvalue weighted by Gasteiger charge is -2.60. The number of methoxy groups -OCH3 is 1. The molecule has 2 bridgehead atoms. The first-order chi connectivity index (χ1) is 21.8. The van der Waals surface area contributed by atoms with Crippen molar-refractivity contribution in [2.45, 2.75) is 115 Å². The molecule has 13 heteroatoms. The lowest BCUT2D eigenvalue weighted by atomic mass is 9.51. The molecule has 13 nitrogen and oxygen atoms in total. The van der Waals surface area contributed by atoms with Crippen LogP contribution in [0.25, 0.3) is 0 Å². The summed E-state index contributed by atoms with van der Waals surface area (Å²) in [7, 11) is 3.44. The molecule has 0 unspecified atom stereocenters. The summed E-state index contributed by atoms with van der Waals surface area (Å²) in [5.74, 6) is -1.90. The second kappa shape index (κ2) is 12.0. The Morgan fingerprint density at radius 3 is 2.36 bits per heavy atom. The van der Waals surface area contributed by atoms with E-state index in [0.29, 0.717) is 37.3 Å². The van der Waals surface area contributed by atoms with Crippen LogP contribution in [0.1, 0.15) is 78.9 Å². The molecule has 1 aromatic rings. The first-order valence-corrected chi connectivity index (χ1v) is 15.8. The number of esters is 3. The molecular weight excluding hydrogens is 614 g/mol. The van der Waals surface area contributed by atoms with Crippen LogP contribution >= 0.6 is 0 Å². The fraction of sp³-hybridized carbons (Fsp3) is 0.647. The second-order valence-electron chi connectivity index (χ2n) is 14.7. The smallest absolute Gasteiger partial charge is 0.493 e. The molecule has 5 rings (SSSR count). The van der Waals surface area contributed by atoms with E-state index in [1.165, 1.54) is 6.92 Å². The topological polar surface area (TPSA) is 156 Å². The maximum atomic E-state index is 13.8. The highest BCUT2D eigenvalue weighted by atomic mass is 16.7. The number of rotatable bonds is 8. The van der Waals surface area contributed by atoms with Gasteiger partial charge in [-0.25, -0.2) is 14.4 Å². The molecule has 1 spiro atoms. The standard InChI is InChI=1S/C34H45NO12/c1-18(28(37)46-31(2,3)4)42-24(36)16-22(44-30(39)47-32(5,6)7)29(38)43-21-12-13-23-33-14-15-35(8)34(23,40)17-19-10-11-20(41-9)26(25(19)33)45-27(21)33/h10-12,18,22-23,27,40H,13-17H2,1-9H3/t18-,22-,23-,27-,33-,34+/m0/s1. The van der Waals surface area contributed by atoms with Gasteiger partial charge in [0.25, 0.3) is 0 Å². The van der Waals surface area contributed by atoms with Gasteiger partial charge in [-0.3, -0.25) is 9.69 Å². The van der Waals surface area contributed by atoms with Crippen LogP contribution in [0.4, 0.5) is 4.79 Å². The summed E-state index contributed by atoms with van der Waals surface area (Å²) in [5, 5.41) is 12.0. The highest BCUT2D eigenvalue weighted by Crippen LogP contribution is 2.65. The van der Waals surface area contributed by atoms with Crippen molar-refractivity contribution in [2.24, 2.45) is 5.92 Å². The van der Waals surface area contributed by atoms with Gasteiger partial charge in [0.05, 0.1) is 18.9 Å². The first-order valence-electron chi connectivity index (χ1n) is 15.8. The Kier molecular flexibility index (Phi) is 8.80. The van der Waals surface area contributed by atoms with Gasteiger partial charge in [-0.2, -0.15) is 0 Å². The number of carbonyl (C=O) groups is 4. The number of nitrogens with zero attached hydrogens (tertiary/aromatic N) is 1. The molecule has 2 aliphatic carbocycles. The number of benzene rings is 1. The lowest BCUT2D eigenvalue weighted by molar-refractivity contribution is -0.205. The highest BCUT2D eigenvalue weighted by Gasteiger charge is 2.69. The minimum absolute atomic E-state index is 0.164. The van der Waals surface area contributed by atoms with Gasteiger partial charge in [-0.15, -0.1) is 0 Å². The van der Waals surface area contributed by atoms with Gasteiger partial charge in [0.1, 0.15) is 22.7 Å². The van der Waals surface area contributed by atoms with E-state index in [4.69, 9.17) is 33.2 Å². The summed E-state index contributed by atoms with van der Waals surface area (Å²) < 4.78 is 39.1. The van der Waals surface area contributed by atoms with Gasteiger partial charge >= 0.3 is 24.1 Å². The minimum atomic E-state index is -1.78. The fourth-order valence-electron chi connectivity index (χ4n) is 7.17. The Labute approximate surface area is 274 Å². The molecule has 258 valence electrons. The Morgan fingerprint density at radius 1 is 1.04 bits per heavy atom. The molecule has 47 heavy (non-hydrogen) atoms. The maximum absolute atomic E-state index is 13.8. The van der Waals surface area contributed by atoms with Gasteiger partial charge in [-0.1, -0.05) is 6.07 Å². The summed E-state index contributed by atoms with van der Waals surface area (Å²) in [4.78, 5) is 53.7. The molecule has 0 amide bonds. The lowest BCUT2D eigenvalue weighted by Crippen LogP contribution is -2.70. The molecule has 6 atom stereocenters. The normalized spacial score (nSPS) is 27.2. The van der Waals surface area contributed by atoms with Crippen LogP contribution in [0.3, 0.4) is 0 Å². The number of likely N-dealkylation sites (N-methyl/N-ethyl adjacent to an activating group) is 1. The van der Waals surface area contributed by atoms with Crippen molar-refractivity contribution in [3.8, 4) is 11.5 Å². The van der Waals surface area contributed by atoms with Crippen molar-refractivity contribution in [1.82, 2.24) is 4.90 Å². The SMILES string of the molecule is COc1ccc2c3c1O[C@H]1C(OC(=O)[C@H](CC(=O)O[C@@H](C)C(=O)OC(C)(C)C)OC(=O)OC(C)(C)C)=CC[C@H]4[C@@]31CCN(C)[C@@]4(O)C2. The van der Waals surface area contributed by atoms with E-state index >= 15 is 0 Å². The molecular formula is C34H45NO12. The van der Waals surface area contributed by atoms with Gasteiger partial charge in [0, 0.05) is 24.4 Å². The summed E-state index contributed by atoms with van der Waals surface area (Å²) in [5.41, 5.74) is -1.80. The Bertz CT molecular complexity index is 1490. The molecule has 4 aliphatic rings. The Balaban J connectivity index is 1.41. The minimum Gasteiger partial charge on any atom is -0.493 e. The van der Waals surface area contributed by atoms with Crippen molar-refractivity contribution in [3.63, 3.8) is 0 Å². The van der Waals surface area contributed by atoms with Crippen LogP contribution in [-0.2, 0) is 49.9 Å². The molecule has 1 fully saturated rings. The summed E-state index contributed by atoms with van der Waals surface area (Å²) in [6.07, 6.45) is -2.77. The summed E-state index contributed by atoms with van der Waals surface area (Å²) >= 11 is 0. The molecule has 0 saturated carbocycles. The maximum Gasteiger partial charge on any atom is 0.509 e. The average molecular weight is 660 g/mol. The number of likely N-dealkylation sites (tertiary alicyclic amines) is 1. The zero-order chi connectivity index (χ0) is 34.7. The van der Waals surface area contributed by atoms with Gasteiger partial charge < -0.3 is 38.3 Å². The van der Waals surface area contributed by atoms with E-state index in [0.717, 1.165) is 11.1 Å². The number of piperidine rings is 1. The third kappa shape index (κ3) is 6.39. The average Bonchev–Trinajstić information content (AvgIpc) is 3.29. The van der Waals surface area contributed by atoms with Crippen molar-refractivity contribution in [3.05, 3.63) is 35.1 Å². The molecule has 0 radical (unpaired) electrons. The third-order valence-corrected chi connectivity index (χ3v) is 9.07. The van der Waals surface area contributed by atoms with E-state index in [1.54, 1.807) is 60.8 Å². The van der Waals surface area contributed by atoms with Crippen LogP contribution in [0, 0.1) is 5.92 Å². The number of hydrogen-bond donors (Lipinski definition) is 1.